The first-order valence-electron chi connectivity index (χ1n) is 5.99. The van der Waals surface area contributed by atoms with Gasteiger partial charge < -0.3 is 5.11 Å². The fourth-order valence-electron chi connectivity index (χ4n) is 1.71. The summed E-state index contributed by atoms with van der Waals surface area (Å²) in [4.78, 5) is 0.259. The monoisotopic (exact) mass is 271 g/mol. The summed E-state index contributed by atoms with van der Waals surface area (Å²) in [5.41, 5.74) is 0.709. The number of nitrogens with zero attached hydrogens (tertiary/aromatic N) is 1. The summed E-state index contributed by atoms with van der Waals surface area (Å²) >= 11 is 0. The van der Waals surface area contributed by atoms with E-state index in [2.05, 4.69) is 0 Å². The number of sulfonamides is 1. The van der Waals surface area contributed by atoms with Gasteiger partial charge in [-0.3, -0.25) is 0 Å². The van der Waals surface area contributed by atoms with E-state index in [0.717, 1.165) is 0 Å². The van der Waals surface area contributed by atoms with Crippen LogP contribution in [0, 0.1) is 5.92 Å². The molecule has 1 aromatic carbocycles. The van der Waals surface area contributed by atoms with Crippen LogP contribution in [0.3, 0.4) is 0 Å². The first kappa shape index (κ1) is 15.1. The Balaban J connectivity index is 2.98. The van der Waals surface area contributed by atoms with Crippen LogP contribution in [-0.2, 0) is 10.0 Å². The molecule has 1 N–H and O–H groups in total. The van der Waals surface area contributed by atoms with Crippen molar-refractivity contribution in [2.24, 2.45) is 5.92 Å². The van der Waals surface area contributed by atoms with E-state index in [0.29, 0.717) is 12.1 Å². The molecule has 1 unspecified atom stereocenters. The quantitative estimate of drug-likeness (QED) is 0.891. The van der Waals surface area contributed by atoms with Gasteiger partial charge in [0.05, 0.1) is 11.0 Å². The van der Waals surface area contributed by atoms with Crippen LogP contribution in [0.1, 0.15) is 32.4 Å². The van der Waals surface area contributed by atoms with Crippen molar-refractivity contribution in [1.82, 2.24) is 4.31 Å². The molecule has 0 aliphatic heterocycles. The van der Waals surface area contributed by atoms with Crippen molar-refractivity contribution in [2.75, 3.05) is 13.6 Å². The second kappa shape index (κ2) is 5.82. The maximum atomic E-state index is 12.2. The SMILES string of the molecule is CC(C)CN(C)S(=O)(=O)c1ccc(C(C)O)cc1. The van der Waals surface area contributed by atoms with E-state index < -0.39 is 16.1 Å². The second-order valence-electron chi connectivity index (χ2n) is 4.92. The molecule has 0 aliphatic rings. The number of aliphatic hydroxyl groups is 1. The van der Waals surface area contributed by atoms with Crippen molar-refractivity contribution < 1.29 is 13.5 Å². The smallest absolute Gasteiger partial charge is 0.242 e. The van der Waals surface area contributed by atoms with Gasteiger partial charge in [0.25, 0.3) is 0 Å². The van der Waals surface area contributed by atoms with Crippen LogP contribution < -0.4 is 0 Å². The molecule has 5 heteroatoms. The van der Waals surface area contributed by atoms with Crippen LogP contribution in [0.15, 0.2) is 29.2 Å². The lowest BCUT2D eigenvalue weighted by Crippen LogP contribution is -2.30. The lowest BCUT2D eigenvalue weighted by atomic mass is 10.1. The number of hydrogen-bond donors (Lipinski definition) is 1. The molecule has 1 aromatic rings. The van der Waals surface area contributed by atoms with E-state index in [1.807, 2.05) is 13.8 Å². The van der Waals surface area contributed by atoms with Gasteiger partial charge in [0.2, 0.25) is 10.0 Å². The first-order valence-corrected chi connectivity index (χ1v) is 7.43. The van der Waals surface area contributed by atoms with Crippen LogP contribution in [-0.4, -0.2) is 31.4 Å². The minimum absolute atomic E-state index is 0.259. The molecule has 0 spiro atoms. The Morgan fingerprint density at radius 3 is 2.06 bits per heavy atom. The summed E-state index contributed by atoms with van der Waals surface area (Å²) in [6.45, 7) is 6.08. The Morgan fingerprint density at radius 2 is 1.67 bits per heavy atom. The summed E-state index contributed by atoms with van der Waals surface area (Å²) in [5.74, 6) is 0.279. The van der Waals surface area contributed by atoms with E-state index in [9.17, 15) is 13.5 Å². The van der Waals surface area contributed by atoms with Crippen LogP contribution in [0.5, 0.6) is 0 Å². The zero-order valence-electron chi connectivity index (χ0n) is 11.3. The molecule has 1 atom stereocenters. The Labute approximate surface area is 109 Å². The molecule has 0 aromatic heterocycles. The number of benzene rings is 1. The summed E-state index contributed by atoms with van der Waals surface area (Å²) in [6.07, 6.45) is -0.588. The molecule has 102 valence electrons. The summed E-state index contributed by atoms with van der Waals surface area (Å²) < 4.78 is 25.8. The first-order chi connectivity index (χ1) is 8.25. The molecule has 0 fully saturated rings. The van der Waals surface area contributed by atoms with Gasteiger partial charge in [-0.15, -0.1) is 0 Å². The van der Waals surface area contributed by atoms with Crippen molar-refractivity contribution in [3.8, 4) is 0 Å². The van der Waals surface area contributed by atoms with E-state index in [4.69, 9.17) is 0 Å². The van der Waals surface area contributed by atoms with Crippen LogP contribution in [0.25, 0.3) is 0 Å². The Kier molecular flexibility index (Phi) is 4.90. The highest BCUT2D eigenvalue weighted by atomic mass is 32.2. The van der Waals surface area contributed by atoms with Gasteiger partial charge >= 0.3 is 0 Å². The average Bonchev–Trinajstić information content (AvgIpc) is 2.28. The molecule has 0 heterocycles. The fourth-order valence-corrected chi connectivity index (χ4v) is 3.04. The Morgan fingerprint density at radius 1 is 1.17 bits per heavy atom. The van der Waals surface area contributed by atoms with E-state index in [1.54, 1.807) is 26.1 Å². The molecule has 1 rings (SSSR count). The molecule has 0 saturated carbocycles. The largest absolute Gasteiger partial charge is 0.389 e. The highest BCUT2D eigenvalue weighted by Crippen LogP contribution is 2.19. The third-order valence-corrected chi connectivity index (χ3v) is 4.53. The molecule has 18 heavy (non-hydrogen) atoms. The van der Waals surface area contributed by atoms with Crippen molar-refractivity contribution in [3.63, 3.8) is 0 Å². The summed E-state index contributed by atoms with van der Waals surface area (Å²) in [7, 11) is -1.84. The van der Waals surface area contributed by atoms with Crippen molar-refractivity contribution in [3.05, 3.63) is 29.8 Å². The number of aliphatic hydroxyl groups excluding tert-OH is 1. The topological polar surface area (TPSA) is 57.6 Å². The van der Waals surface area contributed by atoms with E-state index in [-0.39, 0.29) is 10.8 Å². The molecule has 0 bridgehead atoms. The number of rotatable bonds is 5. The molecule has 0 radical (unpaired) electrons. The van der Waals surface area contributed by atoms with Gasteiger partial charge in [0, 0.05) is 13.6 Å². The van der Waals surface area contributed by atoms with Gasteiger partial charge in [0.1, 0.15) is 0 Å². The Bertz CT molecular complexity index is 477. The van der Waals surface area contributed by atoms with Gasteiger partial charge in [-0.05, 0) is 30.5 Å². The molecule has 0 aliphatic carbocycles. The van der Waals surface area contributed by atoms with Crippen LogP contribution in [0.2, 0.25) is 0 Å². The zero-order chi connectivity index (χ0) is 13.9. The molecule has 0 saturated heterocycles. The minimum Gasteiger partial charge on any atom is -0.389 e. The van der Waals surface area contributed by atoms with Crippen molar-refractivity contribution in [2.45, 2.75) is 31.8 Å². The van der Waals surface area contributed by atoms with Crippen molar-refractivity contribution >= 4 is 10.0 Å². The zero-order valence-corrected chi connectivity index (χ0v) is 12.1. The number of hydrogen-bond acceptors (Lipinski definition) is 3. The highest BCUT2D eigenvalue weighted by molar-refractivity contribution is 7.89. The van der Waals surface area contributed by atoms with E-state index >= 15 is 0 Å². The minimum atomic E-state index is -3.42. The average molecular weight is 271 g/mol. The van der Waals surface area contributed by atoms with Gasteiger partial charge in [-0.25, -0.2) is 12.7 Å². The van der Waals surface area contributed by atoms with Gasteiger partial charge in [-0.1, -0.05) is 26.0 Å². The predicted octanol–water partition coefficient (Wildman–Crippen LogP) is 2.02. The predicted molar refractivity (Wildman–Crippen MR) is 71.7 cm³/mol. The van der Waals surface area contributed by atoms with Gasteiger partial charge in [-0.2, -0.15) is 0 Å². The standard InChI is InChI=1S/C13H21NO3S/c1-10(2)9-14(4)18(16,17)13-7-5-12(6-8-13)11(3)15/h5-8,10-11,15H,9H2,1-4H3. The maximum absolute atomic E-state index is 12.2. The summed E-state index contributed by atoms with van der Waals surface area (Å²) in [5, 5.41) is 9.39. The fraction of sp³-hybridized carbons (Fsp3) is 0.538. The molecule has 0 amide bonds. The second-order valence-corrected chi connectivity index (χ2v) is 6.97. The van der Waals surface area contributed by atoms with Crippen LogP contribution >= 0.6 is 0 Å². The third-order valence-electron chi connectivity index (χ3n) is 2.69. The maximum Gasteiger partial charge on any atom is 0.242 e. The third kappa shape index (κ3) is 3.54. The van der Waals surface area contributed by atoms with E-state index in [1.165, 1.54) is 16.4 Å². The molecule has 4 nitrogen and oxygen atoms in total. The molecular formula is C13H21NO3S. The Hall–Kier alpha value is -0.910. The summed E-state index contributed by atoms with van der Waals surface area (Å²) in [6, 6.07) is 6.35. The van der Waals surface area contributed by atoms with Crippen molar-refractivity contribution in [1.29, 1.82) is 0 Å². The van der Waals surface area contributed by atoms with Gasteiger partial charge in [0.15, 0.2) is 0 Å². The lowest BCUT2D eigenvalue weighted by molar-refractivity contribution is 0.199. The highest BCUT2D eigenvalue weighted by Gasteiger charge is 2.21. The van der Waals surface area contributed by atoms with Crippen LogP contribution in [0.4, 0.5) is 0 Å². The lowest BCUT2D eigenvalue weighted by Gasteiger charge is -2.19. The normalized spacial score (nSPS) is 14.2. The molecular weight excluding hydrogens is 250 g/mol.